The first-order valence-electron chi connectivity index (χ1n) is 12.1. The molecule has 1 aliphatic heterocycles. The largest absolute Gasteiger partial charge is 0.382 e. The number of methoxy groups -OCH3 is 1. The molecule has 1 saturated heterocycles. The van der Waals surface area contributed by atoms with Crippen LogP contribution in [0.1, 0.15) is 42.1 Å². The summed E-state index contributed by atoms with van der Waals surface area (Å²) in [5.41, 5.74) is 3.60. The molecule has 0 bridgehead atoms. The van der Waals surface area contributed by atoms with Crippen molar-refractivity contribution in [3.05, 3.63) is 42.4 Å². The molecule has 2 fully saturated rings. The summed E-state index contributed by atoms with van der Waals surface area (Å²) in [6.45, 7) is 1.18. The predicted molar refractivity (Wildman–Crippen MR) is 132 cm³/mol. The smallest absolute Gasteiger partial charge is 0.256 e. The van der Waals surface area contributed by atoms with E-state index in [1.54, 1.807) is 24.0 Å². The molecule has 10 nitrogen and oxygen atoms in total. The predicted octanol–water partition coefficient (Wildman–Crippen LogP) is 3.05. The van der Waals surface area contributed by atoms with E-state index in [9.17, 15) is 4.79 Å². The Morgan fingerprint density at radius 2 is 2.20 bits per heavy atom. The summed E-state index contributed by atoms with van der Waals surface area (Å²) in [4.78, 5) is 22.6. The number of hydrogen-bond acceptors (Lipinski definition) is 7. The zero-order chi connectivity index (χ0) is 23.9. The van der Waals surface area contributed by atoms with Crippen molar-refractivity contribution in [2.75, 3.05) is 32.7 Å². The quantitative estimate of drug-likeness (QED) is 0.423. The number of fused-ring (bicyclic) bond motifs is 2. The monoisotopic (exact) mass is 475 g/mol. The first-order chi connectivity index (χ1) is 17.2. The Labute approximate surface area is 202 Å². The summed E-state index contributed by atoms with van der Waals surface area (Å²) < 4.78 is 15.1. The number of anilines is 1. The molecule has 2 unspecified atom stereocenters. The van der Waals surface area contributed by atoms with Crippen molar-refractivity contribution in [2.24, 2.45) is 0 Å². The van der Waals surface area contributed by atoms with Crippen LogP contribution in [-0.4, -0.2) is 69.6 Å². The van der Waals surface area contributed by atoms with Crippen LogP contribution in [0.2, 0.25) is 0 Å². The van der Waals surface area contributed by atoms with Gasteiger partial charge in [-0.1, -0.05) is 0 Å². The van der Waals surface area contributed by atoms with Gasteiger partial charge in [-0.05, 0) is 37.8 Å². The minimum atomic E-state index is -0.132. The van der Waals surface area contributed by atoms with Crippen LogP contribution in [-0.2, 0) is 9.47 Å². The van der Waals surface area contributed by atoms with E-state index in [1.165, 1.54) is 0 Å². The van der Waals surface area contributed by atoms with Gasteiger partial charge in [-0.25, -0.2) is 9.97 Å². The zero-order valence-corrected chi connectivity index (χ0v) is 19.9. The second-order valence-corrected chi connectivity index (χ2v) is 9.30. The Morgan fingerprint density at radius 3 is 2.97 bits per heavy atom. The summed E-state index contributed by atoms with van der Waals surface area (Å²) in [6.07, 6.45) is 9.63. The second kappa shape index (κ2) is 8.94. The number of carbonyl (C=O) groups is 1. The molecule has 2 aliphatic rings. The van der Waals surface area contributed by atoms with E-state index in [-0.39, 0.29) is 24.1 Å². The Bertz CT molecular complexity index is 1390. The molecule has 1 aliphatic carbocycles. The fraction of sp³-hybridized carbons (Fsp3) is 0.440. The number of carbonyl (C=O) groups excluding carboxylic acids is 1. The summed E-state index contributed by atoms with van der Waals surface area (Å²) in [7, 11) is 3.53. The van der Waals surface area contributed by atoms with Gasteiger partial charge in [-0.15, -0.1) is 0 Å². The molecule has 2 N–H and O–H groups in total. The summed E-state index contributed by atoms with van der Waals surface area (Å²) in [6, 6.07) is 6.35. The van der Waals surface area contributed by atoms with Gasteiger partial charge in [0.05, 0.1) is 37.3 Å². The van der Waals surface area contributed by atoms with Crippen molar-refractivity contribution in [1.29, 1.82) is 0 Å². The van der Waals surface area contributed by atoms with Crippen molar-refractivity contribution in [2.45, 2.75) is 43.9 Å². The highest BCUT2D eigenvalue weighted by Crippen LogP contribution is 2.35. The minimum absolute atomic E-state index is 0.0727. The average molecular weight is 476 g/mol. The van der Waals surface area contributed by atoms with Crippen LogP contribution in [0.3, 0.4) is 0 Å². The number of hydrogen-bond donors (Lipinski definition) is 2. The molecule has 35 heavy (non-hydrogen) atoms. The van der Waals surface area contributed by atoms with Crippen LogP contribution in [0.15, 0.2) is 36.8 Å². The first-order valence-corrected chi connectivity index (χ1v) is 12.1. The van der Waals surface area contributed by atoms with Crippen LogP contribution in [0.25, 0.3) is 27.9 Å². The first kappa shape index (κ1) is 22.0. The molecule has 6 rings (SSSR count). The van der Waals surface area contributed by atoms with E-state index < -0.39 is 0 Å². The zero-order valence-electron chi connectivity index (χ0n) is 19.9. The number of ether oxygens (including phenoxy) is 2. The summed E-state index contributed by atoms with van der Waals surface area (Å²) >= 11 is 0. The lowest BCUT2D eigenvalue weighted by Crippen LogP contribution is -2.39. The molecule has 5 heterocycles. The topological polar surface area (TPSA) is 108 Å². The molecular weight excluding hydrogens is 446 g/mol. The number of rotatable bonds is 7. The van der Waals surface area contributed by atoms with Crippen molar-refractivity contribution in [3.8, 4) is 11.3 Å². The average Bonchev–Trinajstić information content (AvgIpc) is 3.57. The third-order valence-corrected chi connectivity index (χ3v) is 7.08. The Morgan fingerprint density at radius 1 is 1.31 bits per heavy atom. The van der Waals surface area contributed by atoms with Gasteiger partial charge >= 0.3 is 0 Å². The summed E-state index contributed by atoms with van der Waals surface area (Å²) in [5.74, 6) is 0.620. The van der Waals surface area contributed by atoms with Crippen LogP contribution in [0.4, 0.5) is 5.82 Å². The second-order valence-electron chi connectivity index (χ2n) is 9.30. The fourth-order valence-corrected chi connectivity index (χ4v) is 5.00. The molecule has 1 amide bonds. The number of pyridine rings is 1. The maximum Gasteiger partial charge on any atom is 0.256 e. The molecule has 10 heteroatoms. The highest BCUT2D eigenvalue weighted by molar-refractivity contribution is 6.01. The van der Waals surface area contributed by atoms with Gasteiger partial charge in [0.25, 0.3) is 5.91 Å². The third kappa shape index (κ3) is 3.82. The van der Waals surface area contributed by atoms with Gasteiger partial charge in [0.15, 0.2) is 5.65 Å². The van der Waals surface area contributed by atoms with E-state index in [2.05, 4.69) is 37.5 Å². The molecule has 2 atom stereocenters. The molecule has 0 aromatic carbocycles. The van der Waals surface area contributed by atoms with Gasteiger partial charge in [0, 0.05) is 49.6 Å². The third-order valence-electron chi connectivity index (χ3n) is 7.08. The van der Waals surface area contributed by atoms with E-state index in [1.807, 2.05) is 19.2 Å². The van der Waals surface area contributed by atoms with Crippen LogP contribution < -0.4 is 10.6 Å². The molecule has 4 aromatic rings. The number of nitrogens with one attached hydrogen (secondary N) is 2. The molecule has 0 radical (unpaired) electrons. The summed E-state index contributed by atoms with van der Waals surface area (Å²) in [5, 5.41) is 11.7. The lowest BCUT2D eigenvalue weighted by Gasteiger charge is -2.26. The van der Waals surface area contributed by atoms with Gasteiger partial charge in [-0.3, -0.25) is 4.79 Å². The van der Waals surface area contributed by atoms with Gasteiger partial charge < -0.3 is 24.7 Å². The van der Waals surface area contributed by atoms with E-state index in [0.29, 0.717) is 24.4 Å². The fourth-order valence-electron chi connectivity index (χ4n) is 5.00. The maximum absolute atomic E-state index is 13.0. The lowest BCUT2D eigenvalue weighted by atomic mass is 9.93. The number of nitrogens with zero attached hydrogens (tertiary/aromatic N) is 5. The van der Waals surface area contributed by atoms with Gasteiger partial charge in [-0.2, -0.15) is 9.61 Å². The highest BCUT2D eigenvalue weighted by atomic mass is 16.5. The Kier molecular flexibility index (Phi) is 5.62. The Balaban J connectivity index is 1.44. The van der Waals surface area contributed by atoms with Crippen molar-refractivity contribution >= 4 is 28.4 Å². The molecule has 4 aromatic heterocycles. The van der Waals surface area contributed by atoms with Crippen molar-refractivity contribution in [3.63, 3.8) is 0 Å². The van der Waals surface area contributed by atoms with Crippen molar-refractivity contribution < 1.29 is 14.3 Å². The SMILES string of the molecule is CNc1cc(-c2cn(C3COC(COC)C3)c3ncccc23)nc2c(C(=O)NC3CCC3)cnn12. The standard InChI is InChI=1S/C25H29N7O3/c1-26-22-10-21(30-24-19(11-28-32(22)24)25(33)29-15-5-3-6-15)20-12-31(23-18(20)7-4-8-27-23)16-9-17(14-34-2)35-13-16/h4,7-8,10-12,15-17,26H,3,5-6,9,13-14H2,1-2H3,(H,29,33). The van der Waals surface area contributed by atoms with Crippen LogP contribution >= 0.6 is 0 Å². The molecule has 182 valence electrons. The maximum atomic E-state index is 13.0. The van der Waals surface area contributed by atoms with E-state index in [4.69, 9.17) is 14.5 Å². The van der Waals surface area contributed by atoms with Gasteiger partial charge in [0.2, 0.25) is 0 Å². The van der Waals surface area contributed by atoms with E-state index in [0.717, 1.165) is 53.8 Å². The molecule has 0 spiro atoms. The molecular formula is C25H29N7O3. The van der Waals surface area contributed by atoms with E-state index >= 15 is 0 Å². The number of aromatic nitrogens is 5. The number of amides is 1. The minimum Gasteiger partial charge on any atom is -0.382 e. The van der Waals surface area contributed by atoms with Crippen LogP contribution in [0.5, 0.6) is 0 Å². The normalized spacial score (nSPS) is 20.4. The van der Waals surface area contributed by atoms with Crippen LogP contribution in [0, 0.1) is 0 Å². The highest BCUT2D eigenvalue weighted by Gasteiger charge is 2.29. The van der Waals surface area contributed by atoms with Gasteiger partial charge in [0.1, 0.15) is 17.0 Å². The lowest BCUT2D eigenvalue weighted by molar-refractivity contribution is 0.0370. The Hall–Kier alpha value is -3.50. The van der Waals surface area contributed by atoms with Crippen molar-refractivity contribution in [1.82, 2.24) is 29.5 Å². The molecule has 1 saturated carbocycles.